The summed E-state index contributed by atoms with van der Waals surface area (Å²) in [6.07, 6.45) is 3.71. The molecule has 0 spiro atoms. The van der Waals surface area contributed by atoms with Gasteiger partial charge in [0.15, 0.2) is 0 Å². The predicted octanol–water partition coefficient (Wildman–Crippen LogP) is 2.45. The molecule has 0 saturated heterocycles. The van der Waals surface area contributed by atoms with E-state index in [1.807, 2.05) is 36.9 Å². The normalized spacial score (nSPS) is 10.7. The van der Waals surface area contributed by atoms with E-state index in [-0.39, 0.29) is 11.8 Å². The molecule has 0 atom stereocenters. The molecule has 2 rings (SSSR count). The van der Waals surface area contributed by atoms with Crippen LogP contribution >= 0.6 is 0 Å². The summed E-state index contributed by atoms with van der Waals surface area (Å²) in [5.74, 6) is 0.0650. The highest BCUT2D eigenvalue weighted by Crippen LogP contribution is 2.09. The Balaban J connectivity index is 2.03. The highest BCUT2D eigenvalue weighted by molar-refractivity contribution is 5.77. The van der Waals surface area contributed by atoms with Gasteiger partial charge in [-0.05, 0) is 19.1 Å². The number of aromatic nitrogens is 2. The molecule has 2 aromatic rings. The SMILES string of the molecule is Cc1ccc(-n2cc(CNC(=O)C(C)C)cn2)cc1. The Bertz CT molecular complexity index is 555. The number of nitrogens with zero attached hydrogens (tertiary/aromatic N) is 2. The van der Waals surface area contributed by atoms with Crippen LogP contribution in [-0.4, -0.2) is 15.7 Å². The molecule has 0 unspecified atom stereocenters. The number of hydrogen-bond donors (Lipinski definition) is 1. The fraction of sp³-hybridized carbons (Fsp3) is 0.333. The second-order valence-electron chi connectivity index (χ2n) is 5.00. The molecule has 0 aliphatic rings. The Labute approximate surface area is 113 Å². The minimum absolute atomic E-state index is 0.00661. The van der Waals surface area contributed by atoms with Crippen LogP contribution in [0.25, 0.3) is 5.69 Å². The molecule has 0 aliphatic heterocycles. The lowest BCUT2D eigenvalue weighted by Crippen LogP contribution is -2.26. The molecule has 0 bridgehead atoms. The summed E-state index contributed by atoms with van der Waals surface area (Å²) >= 11 is 0. The summed E-state index contributed by atoms with van der Waals surface area (Å²) in [5, 5.41) is 7.18. The summed E-state index contributed by atoms with van der Waals surface area (Å²) in [6, 6.07) is 8.16. The van der Waals surface area contributed by atoms with E-state index in [1.54, 1.807) is 6.20 Å². The van der Waals surface area contributed by atoms with Crippen LogP contribution in [0, 0.1) is 12.8 Å². The molecule has 19 heavy (non-hydrogen) atoms. The molecule has 1 amide bonds. The lowest BCUT2D eigenvalue weighted by Gasteiger charge is -2.05. The molecular weight excluding hydrogens is 238 g/mol. The highest BCUT2D eigenvalue weighted by Gasteiger charge is 2.07. The number of rotatable bonds is 4. The molecule has 100 valence electrons. The first-order chi connectivity index (χ1) is 9.06. The van der Waals surface area contributed by atoms with E-state index < -0.39 is 0 Å². The molecule has 4 heteroatoms. The Morgan fingerprint density at radius 1 is 1.32 bits per heavy atom. The quantitative estimate of drug-likeness (QED) is 0.914. The van der Waals surface area contributed by atoms with Gasteiger partial charge < -0.3 is 5.32 Å². The van der Waals surface area contributed by atoms with Gasteiger partial charge in [0.25, 0.3) is 0 Å². The summed E-state index contributed by atoms with van der Waals surface area (Å²) in [7, 11) is 0. The Kier molecular flexibility index (Phi) is 4.00. The van der Waals surface area contributed by atoms with E-state index >= 15 is 0 Å². The number of aryl methyl sites for hydroxylation is 1. The molecule has 0 fully saturated rings. The number of benzene rings is 1. The van der Waals surface area contributed by atoms with Gasteiger partial charge in [-0.25, -0.2) is 4.68 Å². The average molecular weight is 257 g/mol. The van der Waals surface area contributed by atoms with Crippen LogP contribution in [0.4, 0.5) is 0 Å². The van der Waals surface area contributed by atoms with Crippen LogP contribution < -0.4 is 5.32 Å². The standard InChI is InChI=1S/C15H19N3O/c1-11(2)15(19)16-8-13-9-17-18(10-13)14-6-4-12(3)5-7-14/h4-7,9-11H,8H2,1-3H3,(H,16,19). The summed E-state index contributed by atoms with van der Waals surface area (Å²) in [5.41, 5.74) is 3.24. The second kappa shape index (κ2) is 5.69. The number of amides is 1. The summed E-state index contributed by atoms with van der Waals surface area (Å²) in [4.78, 5) is 11.5. The Hall–Kier alpha value is -2.10. The van der Waals surface area contributed by atoms with Crippen molar-refractivity contribution in [3.63, 3.8) is 0 Å². The lowest BCUT2D eigenvalue weighted by molar-refractivity contribution is -0.124. The predicted molar refractivity (Wildman–Crippen MR) is 75.0 cm³/mol. The fourth-order valence-corrected chi connectivity index (χ4v) is 1.68. The zero-order valence-corrected chi connectivity index (χ0v) is 11.6. The maximum absolute atomic E-state index is 11.5. The third-order valence-electron chi connectivity index (χ3n) is 2.93. The van der Waals surface area contributed by atoms with Crippen LogP contribution in [0.1, 0.15) is 25.0 Å². The first kappa shape index (κ1) is 13.3. The zero-order chi connectivity index (χ0) is 13.8. The molecule has 1 aromatic heterocycles. The van der Waals surface area contributed by atoms with Crippen molar-refractivity contribution in [3.05, 3.63) is 47.8 Å². The van der Waals surface area contributed by atoms with Gasteiger partial charge in [-0.15, -0.1) is 0 Å². The van der Waals surface area contributed by atoms with Crippen molar-refractivity contribution in [1.29, 1.82) is 0 Å². The first-order valence-electron chi connectivity index (χ1n) is 6.44. The van der Waals surface area contributed by atoms with Crippen LogP contribution in [0.5, 0.6) is 0 Å². The summed E-state index contributed by atoms with van der Waals surface area (Å²) in [6.45, 7) is 6.33. The van der Waals surface area contributed by atoms with Crippen molar-refractivity contribution >= 4 is 5.91 Å². The van der Waals surface area contributed by atoms with E-state index in [2.05, 4.69) is 29.5 Å². The van der Waals surface area contributed by atoms with Gasteiger partial charge in [0, 0.05) is 24.2 Å². The van der Waals surface area contributed by atoms with Gasteiger partial charge in [0.2, 0.25) is 5.91 Å². The molecule has 4 nitrogen and oxygen atoms in total. The van der Waals surface area contributed by atoms with Crippen LogP contribution in [0.15, 0.2) is 36.7 Å². The maximum atomic E-state index is 11.5. The van der Waals surface area contributed by atoms with Crippen molar-refractivity contribution in [1.82, 2.24) is 15.1 Å². The van der Waals surface area contributed by atoms with E-state index in [4.69, 9.17) is 0 Å². The van der Waals surface area contributed by atoms with E-state index in [0.29, 0.717) is 6.54 Å². The smallest absolute Gasteiger partial charge is 0.222 e. The van der Waals surface area contributed by atoms with E-state index in [9.17, 15) is 4.79 Å². The minimum Gasteiger partial charge on any atom is -0.352 e. The first-order valence-corrected chi connectivity index (χ1v) is 6.44. The van der Waals surface area contributed by atoms with Crippen molar-refractivity contribution in [2.45, 2.75) is 27.3 Å². The molecular formula is C15H19N3O. The Morgan fingerprint density at radius 2 is 2.00 bits per heavy atom. The van der Waals surface area contributed by atoms with Crippen molar-refractivity contribution in [2.75, 3.05) is 0 Å². The highest BCUT2D eigenvalue weighted by atomic mass is 16.1. The monoisotopic (exact) mass is 257 g/mol. The van der Waals surface area contributed by atoms with Gasteiger partial charge in [0.1, 0.15) is 0 Å². The molecule has 0 saturated carbocycles. The van der Waals surface area contributed by atoms with Gasteiger partial charge in [-0.2, -0.15) is 5.10 Å². The third-order valence-corrected chi connectivity index (χ3v) is 2.93. The number of carbonyl (C=O) groups excluding carboxylic acids is 1. The largest absolute Gasteiger partial charge is 0.352 e. The topological polar surface area (TPSA) is 46.9 Å². The maximum Gasteiger partial charge on any atom is 0.222 e. The Morgan fingerprint density at radius 3 is 2.63 bits per heavy atom. The molecule has 0 aliphatic carbocycles. The molecule has 1 N–H and O–H groups in total. The van der Waals surface area contributed by atoms with Crippen molar-refractivity contribution in [3.8, 4) is 5.69 Å². The number of hydrogen-bond acceptors (Lipinski definition) is 2. The molecule has 0 radical (unpaired) electrons. The molecule has 1 heterocycles. The fourth-order valence-electron chi connectivity index (χ4n) is 1.68. The summed E-state index contributed by atoms with van der Waals surface area (Å²) < 4.78 is 1.82. The second-order valence-corrected chi connectivity index (χ2v) is 5.00. The van der Waals surface area contributed by atoms with Crippen LogP contribution in [0.3, 0.4) is 0 Å². The lowest BCUT2D eigenvalue weighted by atomic mass is 10.2. The van der Waals surface area contributed by atoms with Crippen molar-refractivity contribution < 1.29 is 4.79 Å². The van der Waals surface area contributed by atoms with Gasteiger partial charge in [-0.1, -0.05) is 31.5 Å². The minimum atomic E-state index is 0.00661. The van der Waals surface area contributed by atoms with Crippen LogP contribution in [-0.2, 0) is 11.3 Å². The van der Waals surface area contributed by atoms with Gasteiger partial charge in [-0.3, -0.25) is 4.79 Å². The number of carbonyl (C=O) groups is 1. The third kappa shape index (κ3) is 3.44. The van der Waals surface area contributed by atoms with Gasteiger partial charge in [0.05, 0.1) is 11.9 Å². The van der Waals surface area contributed by atoms with Gasteiger partial charge >= 0.3 is 0 Å². The molecule has 1 aromatic carbocycles. The zero-order valence-electron chi connectivity index (χ0n) is 11.6. The average Bonchev–Trinajstić information content (AvgIpc) is 2.85. The van der Waals surface area contributed by atoms with E-state index in [0.717, 1.165) is 11.3 Å². The van der Waals surface area contributed by atoms with Crippen molar-refractivity contribution in [2.24, 2.45) is 5.92 Å². The van der Waals surface area contributed by atoms with Crippen LogP contribution in [0.2, 0.25) is 0 Å². The van der Waals surface area contributed by atoms with E-state index in [1.165, 1.54) is 5.56 Å². The number of nitrogens with one attached hydrogen (secondary N) is 1.